The molecule has 3 nitrogen and oxygen atoms in total. The van der Waals surface area contributed by atoms with Crippen molar-refractivity contribution in [2.45, 2.75) is 6.92 Å². The largest absolute Gasteiger partial charge is 0.427 e. The van der Waals surface area contributed by atoms with Crippen LogP contribution in [0.1, 0.15) is 5.76 Å². The van der Waals surface area contributed by atoms with E-state index in [1.165, 1.54) is 6.07 Å². The van der Waals surface area contributed by atoms with E-state index in [4.69, 9.17) is 4.42 Å². The number of aromatic nitrogens is 1. The van der Waals surface area contributed by atoms with Gasteiger partial charge in [-0.3, -0.25) is 0 Å². The maximum atomic E-state index is 10.8. The predicted octanol–water partition coefficient (Wildman–Crippen LogP) is 1.43. The molecule has 0 aromatic carbocycles. The molecule has 0 spiro atoms. The van der Waals surface area contributed by atoms with Crippen molar-refractivity contribution in [1.82, 2.24) is 4.98 Å². The van der Waals surface area contributed by atoms with Crippen LogP contribution in [0.25, 0.3) is 10.9 Å². The molecular weight excluding hydrogens is 142 g/mol. The van der Waals surface area contributed by atoms with Crippen LogP contribution < -0.4 is 5.63 Å². The summed E-state index contributed by atoms with van der Waals surface area (Å²) in [5.74, 6) is 0.661. The summed E-state index contributed by atoms with van der Waals surface area (Å²) in [7, 11) is 0. The standard InChI is InChI=1S/C8H7NO2/c1-5-6-2-3-9-7(6)4-8(10)11-5/h2-4,9H,1H3. The Morgan fingerprint density at radius 2 is 2.36 bits per heavy atom. The van der Waals surface area contributed by atoms with Crippen LogP contribution in [-0.2, 0) is 0 Å². The van der Waals surface area contributed by atoms with Crippen molar-refractivity contribution in [2.75, 3.05) is 0 Å². The molecule has 0 atom stereocenters. The smallest absolute Gasteiger partial charge is 0.337 e. The summed E-state index contributed by atoms with van der Waals surface area (Å²) in [5.41, 5.74) is 0.524. The number of aryl methyl sites for hydroxylation is 1. The first-order valence-electron chi connectivity index (χ1n) is 3.35. The van der Waals surface area contributed by atoms with Crippen LogP contribution in [0.15, 0.2) is 27.5 Å². The maximum Gasteiger partial charge on any atom is 0.337 e. The van der Waals surface area contributed by atoms with E-state index in [1.807, 2.05) is 6.07 Å². The molecule has 0 aliphatic rings. The van der Waals surface area contributed by atoms with Crippen LogP contribution >= 0.6 is 0 Å². The third-order valence-corrected chi connectivity index (χ3v) is 1.67. The number of hydrogen-bond acceptors (Lipinski definition) is 2. The molecule has 11 heavy (non-hydrogen) atoms. The predicted molar refractivity (Wildman–Crippen MR) is 41.6 cm³/mol. The number of aromatic amines is 1. The van der Waals surface area contributed by atoms with E-state index < -0.39 is 0 Å². The Hall–Kier alpha value is -1.51. The summed E-state index contributed by atoms with van der Waals surface area (Å²) in [6, 6.07) is 3.33. The normalized spacial score (nSPS) is 10.6. The lowest BCUT2D eigenvalue weighted by Gasteiger charge is -1.91. The van der Waals surface area contributed by atoms with E-state index in [0.717, 1.165) is 10.9 Å². The van der Waals surface area contributed by atoms with Crippen molar-refractivity contribution in [1.29, 1.82) is 0 Å². The average Bonchev–Trinajstić information content (AvgIpc) is 2.34. The van der Waals surface area contributed by atoms with Gasteiger partial charge in [0.25, 0.3) is 0 Å². The van der Waals surface area contributed by atoms with Gasteiger partial charge in [0.05, 0.1) is 5.52 Å². The highest BCUT2D eigenvalue weighted by Crippen LogP contribution is 2.12. The molecule has 0 bridgehead atoms. The Morgan fingerprint density at radius 3 is 3.18 bits per heavy atom. The molecule has 3 heteroatoms. The molecular formula is C8H7NO2. The van der Waals surface area contributed by atoms with Crippen molar-refractivity contribution in [3.63, 3.8) is 0 Å². The van der Waals surface area contributed by atoms with Crippen LogP contribution in [0, 0.1) is 6.92 Å². The Balaban J connectivity index is 3.02. The minimum atomic E-state index is -0.308. The molecule has 0 aliphatic carbocycles. The lowest BCUT2D eigenvalue weighted by molar-refractivity contribution is 0.488. The van der Waals surface area contributed by atoms with Gasteiger partial charge in [-0.25, -0.2) is 4.79 Å². The Labute approximate surface area is 62.7 Å². The second kappa shape index (κ2) is 1.99. The van der Waals surface area contributed by atoms with Crippen molar-refractivity contribution in [3.05, 3.63) is 34.5 Å². The highest BCUT2D eigenvalue weighted by Gasteiger charge is 2.00. The number of nitrogens with one attached hydrogen (secondary N) is 1. The number of H-pyrrole nitrogens is 1. The van der Waals surface area contributed by atoms with Gasteiger partial charge in [-0.15, -0.1) is 0 Å². The fourth-order valence-electron chi connectivity index (χ4n) is 1.16. The summed E-state index contributed by atoms with van der Waals surface area (Å²) in [4.78, 5) is 13.8. The van der Waals surface area contributed by atoms with Gasteiger partial charge in [-0.1, -0.05) is 0 Å². The topological polar surface area (TPSA) is 46.0 Å². The summed E-state index contributed by atoms with van der Waals surface area (Å²) in [6.07, 6.45) is 1.78. The lowest BCUT2D eigenvalue weighted by atomic mass is 10.3. The summed E-state index contributed by atoms with van der Waals surface area (Å²) in [6.45, 7) is 1.78. The second-order valence-corrected chi connectivity index (χ2v) is 2.43. The zero-order valence-corrected chi connectivity index (χ0v) is 6.05. The van der Waals surface area contributed by atoms with Crippen molar-refractivity contribution in [2.24, 2.45) is 0 Å². The highest BCUT2D eigenvalue weighted by atomic mass is 16.4. The molecule has 0 radical (unpaired) electrons. The minimum Gasteiger partial charge on any atom is -0.427 e. The third-order valence-electron chi connectivity index (χ3n) is 1.67. The molecule has 0 fully saturated rings. The molecule has 2 heterocycles. The Morgan fingerprint density at radius 1 is 1.55 bits per heavy atom. The molecule has 0 unspecified atom stereocenters. The van der Waals surface area contributed by atoms with Gasteiger partial charge < -0.3 is 9.40 Å². The van der Waals surface area contributed by atoms with Gasteiger partial charge in [-0.05, 0) is 13.0 Å². The van der Waals surface area contributed by atoms with E-state index in [2.05, 4.69) is 4.98 Å². The molecule has 0 saturated heterocycles. The quantitative estimate of drug-likeness (QED) is 0.615. The number of rotatable bonds is 0. The van der Waals surface area contributed by atoms with E-state index in [0.29, 0.717) is 5.76 Å². The molecule has 2 aromatic heterocycles. The number of hydrogen-bond donors (Lipinski definition) is 1. The van der Waals surface area contributed by atoms with Crippen LogP contribution in [0.3, 0.4) is 0 Å². The SMILES string of the molecule is Cc1oc(=O)cc2[nH]ccc12. The molecule has 2 rings (SSSR count). The summed E-state index contributed by atoms with van der Waals surface area (Å²) >= 11 is 0. The first-order valence-corrected chi connectivity index (χ1v) is 3.35. The fourth-order valence-corrected chi connectivity index (χ4v) is 1.16. The Bertz CT molecular complexity index is 439. The van der Waals surface area contributed by atoms with Gasteiger partial charge in [0.2, 0.25) is 0 Å². The number of fused-ring (bicyclic) bond motifs is 1. The van der Waals surface area contributed by atoms with Crippen LogP contribution in [-0.4, -0.2) is 4.98 Å². The molecule has 0 amide bonds. The van der Waals surface area contributed by atoms with E-state index >= 15 is 0 Å². The first-order chi connectivity index (χ1) is 5.27. The maximum absolute atomic E-state index is 10.8. The monoisotopic (exact) mass is 149 g/mol. The average molecular weight is 149 g/mol. The van der Waals surface area contributed by atoms with Crippen molar-refractivity contribution >= 4 is 10.9 Å². The van der Waals surface area contributed by atoms with Gasteiger partial charge >= 0.3 is 5.63 Å². The Kier molecular flexibility index (Phi) is 1.12. The summed E-state index contributed by atoms with van der Waals surface area (Å²) in [5, 5.41) is 0.963. The van der Waals surface area contributed by atoms with Gasteiger partial charge in [0.15, 0.2) is 0 Å². The van der Waals surface area contributed by atoms with Crippen LogP contribution in [0.5, 0.6) is 0 Å². The van der Waals surface area contributed by atoms with E-state index in [9.17, 15) is 4.79 Å². The lowest BCUT2D eigenvalue weighted by Crippen LogP contribution is -1.96. The minimum absolute atomic E-state index is 0.308. The van der Waals surface area contributed by atoms with Gasteiger partial charge in [-0.2, -0.15) is 0 Å². The fraction of sp³-hybridized carbons (Fsp3) is 0.125. The summed E-state index contributed by atoms with van der Waals surface area (Å²) < 4.78 is 4.87. The van der Waals surface area contributed by atoms with Crippen molar-refractivity contribution in [3.8, 4) is 0 Å². The van der Waals surface area contributed by atoms with Crippen LogP contribution in [0.2, 0.25) is 0 Å². The first kappa shape index (κ1) is 6.22. The van der Waals surface area contributed by atoms with E-state index in [1.54, 1.807) is 13.1 Å². The van der Waals surface area contributed by atoms with E-state index in [-0.39, 0.29) is 5.63 Å². The zero-order chi connectivity index (χ0) is 7.84. The molecule has 0 aliphatic heterocycles. The third kappa shape index (κ3) is 0.852. The molecule has 0 saturated carbocycles. The second-order valence-electron chi connectivity index (χ2n) is 2.43. The molecule has 2 aromatic rings. The highest BCUT2D eigenvalue weighted by molar-refractivity contribution is 5.80. The molecule has 56 valence electrons. The molecule has 1 N–H and O–H groups in total. The van der Waals surface area contributed by atoms with Crippen LogP contribution in [0.4, 0.5) is 0 Å². The van der Waals surface area contributed by atoms with Gasteiger partial charge in [0, 0.05) is 17.6 Å². The van der Waals surface area contributed by atoms with Crippen molar-refractivity contribution < 1.29 is 4.42 Å². The van der Waals surface area contributed by atoms with Gasteiger partial charge in [0.1, 0.15) is 5.76 Å². The zero-order valence-electron chi connectivity index (χ0n) is 6.05.